The van der Waals surface area contributed by atoms with E-state index in [1.54, 1.807) is 12.1 Å². The highest BCUT2D eigenvalue weighted by Crippen LogP contribution is 2.11. The van der Waals surface area contributed by atoms with Crippen molar-refractivity contribution in [3.8, 4) is 0 Å². The first-order valence-corrected chi connectivity index (χ1v) is 8.45. The van der Waals surface area contributed by atoms with Crippen LogP contribution in [0, 0.1) is 5.92 Å². The zero-order valence-electron chi connectivity index (χ0n) is 12.9. The zero-order chi connectivity index (χ0) is 15.8. The third-order valence-corrected chi connectivity index (χ3v) is 4.31. The molecule has 0 spiro atoms. The molecule has 7 heteroatoms. The van der Waals surface area contributed by atoms with Gasteiger partial charge in [0.2, 0.25) is 5.91 Å². The first-order valence-electron chi connectivity index (χ1n) is 7.66. The molecule has 1 aromatic rings. The summed E-state index contributed by atoms with van der Waals surface area (Å²) in [5, 5.41) is 8.98. The molecule has 1 atom stereocenters. The maximum atomic E-state index is 11.9. The second kappa shape index (κ2) is 10.6. The zero-order valence-corrected chi connectivity index (χ0v) is 15.3. The maximum absolute atomic E-state index is 11.9. The topological polar surface area (TPSA) is 70.2 Å². The molecule has 1 unspecified atom stereocenters. The summed E-state index contributed by atoms with van der Waals surface area (Å²) in [6, 6.07) is 7.13. The predicted octanol–water partition coefficient (Wildman–Crippen LogP) is 2.11. The Labute approximate surface area is 151 Å². The molecule has 1 aliphatic heterocycles. The number of benzene rings is 1. The minimum atomic E-state index is -0.155. The molecule has 2 amide bonds. The van der Waals surface area contributed by atoms with Crippen LogP contribution in [-0.2, 0) is 4.79 Å². The van der Waals surface area contributed by atoms with E-state index < -0.39 is 0 Å². The fourth-order valence-corrected chi connectivity index (χ4v) is 2.72. The standard InChI is InChI=1S/C16H22BrN3O2.ClH/c17-14-3-1-13(2-4-14)16(22)20-10-7-15(21)19-9-6-12-5-8-18-11-12;/h1-4,12,18H,5-11H2,(H,19,21)(H,20,22);1H. The Balaban J connectivity index is 0.00000264. The Bertz CT molecular complexity index is 505. The molecule has 0 saturated carbocycles. The van der Waals surface area contributed by atoms with Crippen LogP contribution >= 0.6 is 28.3 Å². The molecule has 1 fully saturated rings. The van der Waals surface area contributed by atoms with Crippen LogP contribution in [0.1, 0.15) is 29.6 Å². The summed E-state index contributed by atoms with van der Waals surface area (Å²) < 4.78 is 0.931. The van der Waals surface area contributed by atoms with Crippen LogP contribution in [0.2, 0.25) is 0 Å². The molecule has 1 heterocycles. The molecule has 0 aliphatic carbocycles. The van der Waals surface area contributed by atoms with Gasteiger partial charge in [0.1, 0.15) is 0 Å². The number of nitrogens with one attached hydrogen (secondary N) is 3. The van der Waals surface area contributed by atoms with Crippen molar-refractivity contribution in [2.75, 3.05) is 26.2 Å². The average molecular weight is 405 g/mol. The van der Waals surface area contributed by atoms with E-state index in [1.165, 1.54) is 6.42 Å². The van der Waals surface area contributed by atoms with Crippen LogP contribution in [0.5, 0.6) is 0 Å². The van der Waals surface area contributed by atoms with Gasteiger partial charge < -0.3 is 16.0 Å². The molecule has 0 aromatic heterocycles. The van der Waals surface area contributed by atoms with E-state index in [1.807, 2.05) is 12.1 Å². The molecular formula is C16H23BrClN3O2. The van der Waals surface area contributed by atoms with Crippen LogP contribution in [0.25, 0.3) is 0 Å². The predicted molar refractivity (Wildman–Crippen MR) is 96.9 cm³/mol. The molecule has 1 aliphatic rings. The van der Waals surface area contributed by atoms with Crippen molar-refractivity contribution < 1.29 is 9.59 Å². The van der Waals surface area contributed by atoms with E-state index in [9.17, 15) is 9.59 Å². The van der Waals surface area contributed by atoms with Gasteiger partial charge in [-0.15, -0.1) is 12.4 Å². The second-order valence-electron chi connectivity index (χ2n) is 5.51. The van der Waals surface area contributed by atoms with Crippen molar-refractivity contribution in [2.24, 2.45) is 5.92 Å². The van der Waals surface area contributed by atoms with Gasteiger partial charge in [0.25, 0.3) is 5.91 Å². The fraction of sp³-hybridized carbons (Fsp3) is 0.500. The molecule has 1 aromatic carbocycles. The van der Waals surface area contributed by atoms with E-state index in [-0.39, 0.29) is 24.2 Å². The van der Waals surface area contributed by atoms with Crippen molar-refractivity contribution >= 4 is 40.2 Å². The van der Waals surface area contributed by atoms with Crippen LogP contribution in [0.4, 0.5) is 0 Å². The first kappa shape index (κ1) is 19.9. The first-order chi connectivity index (χ1) is 10.6. The summed E-state index contributed by atoms with van der Waals surface area (Å²) in [6.07, 6.45) is 2.52. The Hall–Kier alpha value is -1.11. The van der Waals surface area contributed by atoms with E-state index in [0.717, 1.165) is 24.0 Å². The maximum Gasteiger partial charge on any atom is 0.251 e. The van der Waals surface area contributed by atoms with Crippen molar-refractivity contribution in [2.45, 2.75) is 19.3 Å². The van der Waals surface area contributed by atoms with E-state index in [4.69, 9.17) is 0 Å². The molecule has 3 N–H and O–H groups in total. The van der Waals surface area contributed by atoms with Crippen LogP contribution in [-0.4, -0.2) is 38.0 Å². The highest BCUT2D eigenvalue weighted by molar-refractivity contribution is 9.10. The lowest BCUT2D eigenvalue weighted by atomic mass is 10.1. The lowest BCUT2D eigenvalue weighted by Gasteiger charge is -2.10. The lowest BCUT2D eigenvalue weighted by molar-refractivity contribution is -0.120. The van der Waals surface area contributed by atoms with Gasteiger partial charge in [0, 0.05) is 29.5 Å². The molecule has 23 heavy (non-hydrogen) atoms. The number of carbonyl (C=O) groups is 2. The monoisotopic (exact) mass is 403 g/mol. The van der Waals surface area contributed by atoms with Gasteiger partial charge in [-0.2, -0.15) is 0 Å². The summed E-state index contributed by atoms with van der Waals surface area (Å²) in [4.78, 5) is 23.6. The summed E-state index contributed by atoms with van der Waals surface area (Å²) >= 11 is 3.33. The highest BCUT2D eigenvalue weighted by Gasteiger charge is 2.14. The lowest BCUT2D eigenvalue weighted by Crippen LogP contribution is -2.31. The van der Waals surface area contributed by atoms with Crippen LogP contribution in [0.3, 0.4) is 0 Å². The van der Waals surface area contributed by atoms with E-state index in [2.05, 4.69) is 31.9 Å². The molecule has 0 radical (unpaired) electrons. The van der Waals surface area contributed by atoms with Gasteiger partial charge >= 0.3 is 0 Å². The van der Waals surface area contributed by atoms with Crippen molar-refractivity contribution in [1.82, 2.24) is 16.0 Å². The Morgan fingerprint density at radius 2 is 1.91 bits per heavy atom. The number of halogens is 2. The number of amides is 2. The molecule has 5 nitrogen and oxygen atoms in total. The van der Waals surface area contributed by atoms with Gasteiger partial charge in [-0.3, -0.25) is 9.59 Å². The summed E-state index contributed by atoms with van der Waals surface area (Å²) in [5.41, 5.74) is 0.595. The number of hydrogen-bond acceptors (Lipinski definition) is 3. The Morgan fingerprint density at radius 1 is 1.17 bits per heavy atom. The smallest absolute Gasteiger partial charge is 0.251 e. The van der Waals surface area contributed by atoms with Gasteiger partial charge in [0.15, 0.2) is 0 Å². The number of rotatable bonds is 7. The highest BCUT2D eigenvalue weighted by atomic mass is 79.9. The van der Waals surface area contributed by atoms with Gasteiger partial charge in [-0.05, 0) is 56.1 Å². The summed E-state index contributed by atoms with van der Waals surface area (Å²) in [6.45, 7) is 3.21. The fourth-order valence-electron chi connectivity index (χ4n) is 2.46. The molecule has 0 bridgehead atoms. The van der Waals surface area contributed by atoms with Crippen LogP contribution < -0.4 is 16.0 Å². The quantitative estimate of drug-likeness (QED) is 0.652. The molecule has 2 rings (SSSR count). The normalized spacial score (nSPS) is 16.5. The van der Waals surface area contributed by atoms with E-state index in [0.29, 0.717) is 31.0 Å². The largest absolute Gasteiger partial charge is 0.356 e. The summed E-state index contributed by atoms with van der Waals surface area (Å²) in [5.74, 6) is 0.511. The summed E-state index contributed by atoms with van der Waals surface area (Å²) in [7, 11) is 0. The Morgan fingerprint density at radius 3 is 2.57 bits per heavy atom. The number of carbonyl (C=O) groups excluding carboxylic acids is 2. The van der Waals surface area contributed by atoms with Crippen molar-refractivity contribution in [3.05, 3.63) is 34.3 Å². The minimum absolute atomic E-state index is 0. The third-order valence-electron chi connectivity index (χ3n) is 3.78. The third kappa shape index (κ3) is 7.33. The second-order valence-corrected chi connectivity index (χ2v) is 6.43. The minimum Gasteiger partial charge on any atom is -0.356 e. The van der Waals surface area contributed by atoms with Gasteiger partial charge in [-0.1, -0.05) is 15.9 Å². The van der Waals surface area contributed by atoms with Gasteiger partial charge in [0.05, 0.1) is 0 Å². The van der Waals surface area contributed by atoms with Crippen LogP contribution in [0.15, 0.2) is 28.7 Å². The number of hydrogen-bond donors (Lipinski definition) is 3. The average Bonchev–Trinajstić information content (AvgIpc) is 3.01. The SMILES string of the molecule is Cl.O=C(CCNC(=O)c1ccc(Br)cc1)NCCC1CCNC1. The molecular weight excluding hydrogens is 382 g/mol. The molecule has 1 saturated heterocycles. The Kier molecular flexibility index (Phi) is 9.21. The van der Waals surface area contributed by atoms with Crippen molar-refractivity contribution in [3.63, 3.8) is 0 Å². The van der Waals surface area contributed by atoms with Gasteiger partial charge in [-0.25, -0.2) is 0 Å². The van der Waals surface area contributed by atoms with E-state index >= 15 is 0 Å². The van der Waals surface area contributed by atoms with Crippen molar-refractivity contribution in [1.29, 1.82) is 0 Å². The molecule has 128 valence electrons.